The summed E-state index contributed by atoms with van der Waals surface area (Å²) in [4.78, 5) is 15.9. The summed E-state index contributed by atoms with van der Waals surface area (Å²) in [5, 5.41) is 11.7. The number of hydrogen-bond donors (Lipinski definition) is 1. The molecule has 0 aliphatic carbocycles. The SMILES string of the molecule is COCC(C)(C#N)NC(=O)CCc1ncc(-c2ccc(F)cc2F)o1. The number of nitrogens with zero attached hydrogens (tertiary/aromatic N) is 2. The van der Waals surface area contributed by atoms with Crippen molar-refractivity contribution < 1.29 is 22.7 Å². The minimum Gasteiger partial charge on any atom is -0.441 e. The van der Waals surface area contributed by atoms with E-state index in [1.807, 2.05) is 6.07 Å². The first-order valence-corrected chi connectivity index (χ1v) is 7.48. The van der Waals surface area contributed by atoms with E-state index in [1.165, 1.54) is 19.4 Å². The molecule has 1 aromatic carbocycles. The van der Waals surface area contributed by atoms with Gasteiger partial charge in [-0.15, -0.1) is 0 Å². The van der Waals surface area contributed by atoms with Crippen molar-refractivity contribution in [2.24, 2.45) is 0 Å². The predicted molar refractivity (Wildman–Crippen MR) is 84.2 cm³/mol. The molecule has 6 nitrogen and oxygen atoms in total. The van der Waals surface area contributed by atoms with E-state index in [1.54, 1.807) is 6.92 Å². The molecule has 0 spiro atoms. The minimum absolute atomic E-state index is 0.0346. The molecule has 0 bridgehead atoms. The van der Waals surface area contributed by atoms with E-state index in [4.69, 9.17) is 14.4 Å². The monoisotopic (exact) mass is 349 g/mol. The highest BCUT2D eigenvalue weighted by atomic mass is 19.1. The van der Waals surface area contributed by atoms with Crippen molar-refractivity contribution in [1.82, 2.24) is 10.3 Å². The second-order valence-electron chi connectivity index (χ2n) is 5.67. The number of methoxy groups -OCH3 is 1. The lowest BCUT2D eigenvalue weighted by atomic mass is 10.1. The van der Waals surface area contributed by atoms with Crippen molar-refractivity contribution in [2.75, 3.05) is 13.7 Å². The fraction of sp³-hybridized carbons (Fsp3) is 0.353. The normalized spacial score (nSPS) is 13.1. The molecule has 1 heterocycles. The number of carbonyl (C=O) groups is 1. The molecule has 1 amide bonds. The number of ether oxygens (including phenoxy) is 1. The molecule has 0 saturated heterocycles. The molecule has 132 valence electrons. The molecule has 1 unspecified atom stereocenters. The van der Waals surface area contributed by atoms with Crippen LogP contribution in [0.5, 0.6) is 0 Å². The van der Waals surface area contributed by atoms with Crippen molar-refractivity contribution in [2.45, 2.75) is 25.3 Å². The molecule has 25 heavy (non-hydrogen) atoms. The van der Waals surface area contributed by atoms with Gasteiger partial charge in [-0.2, -0.15) is 5.26 Å². The van der Waals surface area contributed by atoms with Crippen molar-refractivity contribution in [3.05, 3.63) is 41.9 Å². The second kappa shape index (κ2) is 7.85. The first-order chi connectivity index (χ1) is 11.9. The number of hydrogen-bond acceptors (Lipinski definition) is 5. The highest BCUT2D eigenvalue weighted by molar-refractivity contribution is 5.77. The number of aromatic nitrogens is 1. The average Bonchev–Trinajstić information content (AvgIpc) is 3.02. The van der Waals surface area contributed by atoms with Gasteiger partial charge < -0.3 is 14.5 Å². The highest BCUT2D eigenvalue weighted by Crippen LogP contribution is 2.24. The van der Waals surface area contributed by atoms with Gasteiger partial charge >= 0.3 is 0 Å². The molecule has 2 rings (SSSR count). The Bertz CT molecular complexity index is 801. The molecule has 0 fully saturated rings. The van der Waals surface area contributed by atoms with E-state index in [0.29, 0.717) is 0 Å². The summed E-state index contributed by atoms with van der Waals surface area (Å²) in [6.45, 7) is 1.61. The summed E-state index contributed by atoms with van der Waals surface area (Å²) in [6, 6.07) is 5.10. The highest BCUT2D eigenvalue weighted by Gasteiger charge is 2.26. The van der Waals surface area contributed by atoms with Gasteiger partial charge in [-0.05, 0) is 19.1 Å². The van der Waals surface area contributed by atoms with E-state index >= 15 is 0 Å². The van der Waals surface area contributed by atoms with Crippen molar-refractivity contribution in [1.29, 1.82) is 5.26 Å². The van der Waals surface area contributed by atoms with E-state index in [0.717, 1.165) is 12.1 Å². The Kier molecular flexibility index (Phi) is 5.83. The van der Waals surface area contributed by atoms with Crippen LogP contribution < -0.4 is 5.32 Å². The summed E-state index contributed by atoms with van der Waals surface area (Å²) in [5.41, 5.74) is -1.04. The van der Waals surface area contributed by atoms with Gasteiger partial charge in [-0.3, -0.25) is 4.79 Å². The van der Waals surface area contributed by atoms with E-state index < -0.39 is 17.2 Å². The summed E-state index contributed by atoms with van der Waals surface area (Å²) < 4.78 is 37.0. The van der Waals surface area contributed by atoms with Gasteiger partial charge in [-0.1, -0.05) is 0 Å². The lowest BCUT2D eigenvalue weighted by molar-refractivity contribution is -0.122. The lowest BCUT2D eigenvalue weighted by Crippen LogP contribution is -2.48. The Morgan fingerprint density at radius 3 is 2.88 bits per heavy atom. The van der Waals surface area contributed by atoms with Crippen LogP contribution in [0.2, 0.25) is 0 Å². The molecule has 0 radical (unpaired) electrons. The maximum absolute atomic E-state index is 13.7. The first kappa shape index (κ1) is 18.5. The zero-order chi connectivity index (χ0) is 18.4. The predicted octanol–water partition coefficient (Wildman–Crippen LogP) is 2.60. The first-order valence-electron chi connectivity index (χ1n) is 7.48. The standard InChI is InChI=1S/C17H17F2N3O3/c1-17(9-20,10-24-2)22-15(23)5-6-16-21-8-14(25-16)12-4-3-11(18)7-13(12)19/h3-4,7-8H,5-6,10H2,1-2H3,(H,22,23). The van der Waals surface area contributed by atoms with Crippen LogP contribution in [0.15, 0.2) is 28.8 Å². The Labute approximate surface area is 143 Å². The number of benzene rings is 1. The Morgan fingerprint density at radius 1 is 1.48 bits per heavy atom. The molecule has 2 aromatic rings. The molecule has 0 saturated carbocycles. The number of halogens is 2. The summed E-state index contributed by atoms with van der Waals surface area (Å²) in [5.74, 6) is -1.43. The lowest BCUT2D eigenvalue weighted by Gasteiger charge is -2.21. The Balaban J connectivity index is 1.98. The third-order valence-electron chi connectivity index (χ3n) is 3.41. The molecular formula is C17H17F2N3O3. The fourth-order valence-corrected chi connectivity index (χ4v) is 2.22. The van der Waals surface area contributed by atoms with Gasteiger partial charge in [0.2, 0.25) is 5.91 Å². The summed E-state index contributed by atoms with van der Waals surface area (Å²) >= 11 is 0. The molecule has 0 aliphatic rings. The van der Waals surface area contributed by atoms with Gasteiger partial charge in [-0.25, -0.2) is 13.8 Å². The van der Waals surface area contributed by atoms with Crippen LogP contribution in [0.4, 0.5) is 8.78 Å². The van der Waals surface area contributed by atoms with Gasteiger partial charge in [0.15, 0.2) is 11.7 Å². The molecule has 0 aliphatic heterocycles. The van der Waals surface area contributed by atoms with Crippen LogP contribution in [0.3, 0.4) is 0 Å². The van der Waals surface area contributed by atoms with Crippen molar-refractivity contribution in [3.63, 3.8) is 0 Å². The van der Waals surface area contributed by atoms with E-state index in [-0.39, 0.29) is 42.6 Å². The minimum atomic E-state index is -1.12. The second-order valence-corrected chi connectivity index (χ2v) is 5.67. The number of oxazole rings is 1. The van der Waals surface area contributed by atoms with E-state index in [2.05, 4.69) is 10.3 Å². The molecular weight excluding hydrogens is 332 g/mol. The van der Waals surface area contributed by atoms with E-state index in [9.17, 15) is 13.6 Å². The number of aryl methyl sites for hydroxylation is 1. The number of rotatable bonds is 7. The molecule has 1 N–H and O–H groups in total. The Morgan fingerprint density at radius 2 is 2.24 bits per heavy atom. The maximum atomic E-state index is 13.7. The van der Waals surface area contributed by atoms with Gasteiger partial charge in [0.05, 0.1) is 24.4 Å². The molecule has 1 aromatic heterocycles. The van der Waals surface area contributed by atoms with Crippen molar-refractivity contribution >= 4 is 5.91 Å². The molecule has 8 heteroatoms. The average molecular weight is 349 g/mol. The number of amides is 1. The van der Waals surface area contributed by atoms with Gasteiger partial charge in [0, 0.05) is 26.0 Å². The van der Waals surface area contributed by atoms with Gasteiger partial charge in [0.1, 0.15) is 17.2 Å². The zero-order valence-corrected chi connectivity index (χ0v) is 13.8. The summed E-state index contributed by atoms with van der Waals surface area (Å²) in [7, 11) is 1.44. The largest absolute Gasteiger partial charge is 0.441 e. The van der Waals surface area contributed by atoms with Gasteiger partial charge in [0.25, 0.3) is 0 Å². The Hall–Kier alpha value is -2.79. The van der Waals surface area contributed by atoms with Crippen LogP contribution >= 0.6 is 0 Å². The fourth-order valence-electron chi connectivity index (χ4n) is 2.22. The number of nitriles is 1. The third kappa shape index (κ3) is 4.84. The van der Waals surface area contributed by atoms with Crippen LogP contribution in [0.1, 0.15) is 19.2 Å². The third-order valence-corrected chi connectivity index (χ3v) is 3.41. The topological polar surface area (TPSA) is 88.1 Å². The van der Waals surface area contributed by atoms with Crippen LogP contribution in [-0.2, 0) is 16.0 Å². The quantitative estimate of drug-likeness (QED) is 0.830. The number of carbonyl (C=O) groups excluding carboxylic acids is 1. The van der Waals surface area contributed by atoms with Crippen LogP contribution in [0, 0.1) is 23.0 Å². The van der Waals surface area contributed by atoms with Crippen LogP contribution in [-0.4, -0.2) is 30.1 Å². The number of nitrogens with one attached hydrogen (secondary N) is 1. The molecule has 1 atom stereocenters. The summed E-state index contributed by atoms with van der Waals surface area (Å²) in [6.07, 6.45) is 1.52. The van der Waals surface area contributed by atoms with Crippen LogP contribution in [0.25, 0.3) is 11.3 Å². The smallest absolute Gasteiger partial charge is 0.221 e. The van der Waals surface area contributed by atoms with Crippen molar-refractivity contribution in [3.8, 4) is 17.4 Å². The maximum Gasteiger partial charge on any atom is 0.221 e. The zero-order valence-electron chi connectivity index (χ0n) is 13.8.